The molecule has 184 valence electrons. The van der Waals surface area contributed by atoms with Crippen molar-refractivity contribution >= 4 is 24.2 Å². The van der Waals surface area contributed by atoms with E-state index >= 15 is 0 Å². The van der Waals surface area contributed by atoms with E-state index in [1.54, 1.807) is 0 Å². The zero-order chi connectivity index (χ0) is 25.4. The smallest absolute Gasteiger partial charge is 0.550 e. The molecule has 0 aromatic heterocycles. The summed E-state index contributed by atoms with van der Waals surface area (Å²) in [5.41, 5.74) is -2.97. The van der Waals surface area contributed by atoms with Crippen molar-refractivity contribution < 1.29 is 169 Å². The van der Waals surface area contributed by atoms with Crippen LogP contribution in [0.5, 0.6) is 0 Å². The minimum Gasteiger partial charge on any atom is -0.550 e. The Kier molecular flexibility index (Phi) is 37.7. The number of aliphatic hydroxyl groups is 9. The number of carboxylic acids is 3. The maximum atomic E-state index is 10.1. The van der Waals surface area contributed by atoms with Crippen LogP contribution in [0.1, 0.15) is 12.8 Å². The van der Waals surface area contributed by atoms with Crippen molar-refractivity contribution in [3.8, 4) is 0 Å². The van der Waals surface area contributed by atoms with Crippen molar-refractivity contribution in [3.63, 3.8) is 0 Å². The molecule has 0 aliphatic carbocycles. The quantitative estimate of drug-likeness (QED) is 0.0835. The van der Waals surface area contributed by atoms with Crippen LogP contribution >= 0.6 is 0 Å². The molecule has 0 saturated carbocycles. The van der Waals surface area contributed by atoms with Gasteiger partial charge in [-0.25, -0.2) is 0 Å². The summed E-state index contributed by atoms with van der Waals surface area (Å²) in [7, 11) is 0. The Hall–Kier alpha value is 0.720. The van der Waals surface area contributed by atoms with Gasteiger partial charge >= 0.3 is 88.7 Å². The molecule has 9 N–H and O–H groups in total. The molecule has 0 rings (SSSR count). The van der Waals surface area contributed by atoms with Crippen LogP contribution in [-0.2, 0) is 19.2 Å². The molecule has 0 bridgehead atoms. The van der Waals surface area contributed by atoms with Crippen LogP contribution in [0, 0.1) is 0 Å². The van der Waals surface area contributed by atoms with Crippen LogP contribution in [0.15, 0.2) is 0 Å². The zero-order valence-electron chi connectivity index (χ0n) is 18.9. The molecular formula is C15H25Na3O16. The van der Waals surface area contributed by atoms with Crippen molar-refractivity contribution in [2.75, 3.05) is 19.8 Å². The molecule has 0 spiro atoms. The second kappa shape index (κ2) is 26.8. The summed E-state index contributed by atoms with van der Waals surface area (Å²) in [5, 5.41) is 106. The van der Waals surface area contributed by atoms with Gasteiger partial charge < -0.3 is 80.5 Å². The zero-order valence-corrected chi connectivity index (χ0v) is 24.9. The first-order chi connectivity index (χ1) is 14.1. The van der Waals surface area contributed by atoms with Gasteiger partial charge in [0.25, 0.3) is 0 Å². The first-order valence-corrected chi connectivity index (χ1v) is 8.15. The first-order valence-electron chi connectivity index (χ1n) is 8.15. The van der Waals surface area contributed by atoms with Crippen molar-refractivity contribution in [1.82, 2.24) is 0 Å². The Bertz CT molecular complexity index is 532. The third-order valence-electron chi connectivity index (χ3n) is 3.10. The summed E-state index contributed by atoms with van der Waals surface area (Å²) in [6, 6.07) is 0. The number of rotatable bonds is 12. The number of aliphatic carboxylic acids is 3. The third kappa shape index (κ3) is 24.4. The van der Waals surface area contributed by atoms with Gasteiger partial charge in [0, 0.05) is 24.8 Å². The number of aldehydes is 1. The topological polar surface area (TPSA) is 320 Å². The summed E-state index contributed by atoms with van der Waals surface area (Å²) in [6.45, 7) is -1.49. The monoisotopic (exact) mass is 530 g/mol. The van der Waals surface area contributed by atoms with Gasteiger partial charge in [-0.3, -0.25) is 0 Å². The standard InChI is InChI=1S/C6H8O7.C6H12O6.C3H8O3.3Na/c7-3(8)1-6(13,5(11)12)2-4(9)10;7-1-3(9)5(11)6(12)4(10)2-8;4-1-3(6)2-5;;;/h13H,1-2H2,(H,7,8)(H,9,10)(H,11,12);1,3-6,8-12H,2H2;3-6H,1-2H2;;;/q;;;3*+1/p-3/t;3-,4+,5+,6+;;;;/m.0..../s1. The number of carbonyl (C=O) groups is 4. The molecule has 0 radical (unpaired) electrons. The van der Waals surface area contributed by atoms with E-state index in [1.807, 2.05) is 0 Å². The van der Waals surface area contributed by atoms with Crippen molar-refractivity contribution in [3.05, 3.63) is 0 Å². The van der Waals surface area contributed by atoms with Crippen LogP contribution in [0.2, 0.25) is 0 Å². The SMILES string of the molecule is O=C([O-])CC(O)(CC(=O)[O-])C(=O)[O-].O=C[C@H](O)[C@@H](O)[C@H](O)[C@H](O)CO.OCC(O)CO.[Na+].[Na+].[Na+]. The average molecular weight is 530 g/mol. The minimum absolute atomic E-state index is 0. The fourth-order valence-electron chi connectivity index (χ4n) is 1.36. The fourth-order valence-corrected chi connectivity index (χ4v) is 1.36. The Morgan fingerprint density at radius 1 is 0.735 bits per heavy atom. The number of aliphatic hydroxyl groups excluding tert-OH is 8. The Balaban J connectivity index is -0.0000000875. The summed E-state index contributed by atoms with van der Waals surface area (Å²) in [5.74, 6) is -5.98. The number of hydrogen-bond acceptors (Lipinski definition) is 16. The van der Waals surface area contributed by atoms with E-state index in [1.165, 1.54) is 0 Å². The fraction of sp³-hybridized carbons (Fsp3) is 0.733. The van der Waals surface area contributed by atoms with Crippen molar-refractivity contribution in [2.24, 2.45) is 0 Å². The van der Waals surface area contributed by atoms with Crippen LogP contribution in [-0.4, -0.2) is 126 Å². The predicted molar refractivity (Wildman–Crippen MR) is 86.6 cm³/mol. The van der Waals surface area contributed by atoms with Crippen molar-refractivity contribution in [2.45, 2.75) is 49.0 Å². The van der Waals surface area contributed by atoms with Crippen molar-refractivity contribution in [1.29, 1.82) is 0 Å². The van der Waals surface area contributed by atoms with Gasteiger partial charge in [-0.15, -0.1) is 0 Å². The molecule has 0 heterocycles. The van der Waals surface area contributed by atoms with Gasteiger partial charge in [0.1, 0.15) is 36.1 Å². The van der Waals surface area contributed by atoms with Crippen LogP contribution < -0.4 is 104 Å². The summed E-state index contributed by atoms with van der Waals surface area (Å²) in [4.78, 5) is 39.9. The van der Waals surface area contributed by atoms with Gasteiger partial charge in [-0.1, -0.05) is 0 Å². The second-order valence-corrected chi connectivity index (χ2v) is 5.79. The summed E-state index contributed by atoms with van der Waals surface area (Å²) in [6.07, 6.45) is -10.5. The van der Waals surface area contributed by atoms with E-state index in [-0.39, 0.29) is 108 Å². The molecule has 34 heavy (non-hydrogen) atoms. The van der Waals surface area contributed by atoms with E-state index in [9.17, 15) is 34.5 Å². The molecule has 16 nitrogen and oxygen atoms in total. The van der Waals surface area contributed by atoms with Gasteiger partial charge in [-0.2, -0.15) is 0 Å². The molecule has 0 fully saturated rings. The molecule has 19 heteroatoms. The predicted octanol–water partition coefficient (Wildman–Crippen LogP) is -19.3. The largest absolute Gasteiger partial charge is 1.00 e. The first kappa shape index (κ1) is 47.9. The van der Waals surface area contributed by atoms with Gasteiger partial charge in [-0.05, 0) is 0 Å². The molecule has 0 unspecified atom stereocenters. The molecular weight excluding hydrogens is 505 g/mol. The van der Waals surface area contributed by atoms with E-state index in [0.29, 0.717) is 0 Å². The molecule has 0 aromatic rings. The minimum atomic E-state index is -2.97. The van der Waals surface area contributed by atoms with Crippen LogP contribution in [0.4, 0.5) is 0 Å². The summed E-state index contributed by atoms with van der Waals surface area (Å²) >= 11 is 0. The van der Waals surface area contributed by atoms with E-state index in [2.05, 4.69) is 0 Å². The maximum Gasteiger partial charge on any atom is 1.00 e. The van der Waals surface area contributed by atoms with Crippen LogP contribution in [0.25, 0.3) is 0 Å². The molecule has 0 amide bonds. The molecule has 0 saturated heterocycles. The van der Waals surface area contributed by atoms with Crippen LogP contribution in [0.3, 0.4) is 0 Å². The molecule has 4 atom stereocenters. The maximum absolute atomic E-state index is 10.1. The second-order valence-electron chi connectivity index (χ2n) is 5.79. The molecule has 0 aromatic carbocycles. The number of carboxylic acid groups (broad SMARTS) is 3. The third-order valence-corrected chi connectivity index (χ3v) is 3.10. The van der Waals surface area contributed by atoms with E-state index < -0.39 is 73.5 Å². The number of carbonyl (C=O) groups excluding carboxylic acids is 4. The number of hydrogen-bond donors (Lipinski definition) is 9. The molecule has 0 aliphatic rings. The Labute approximate surface area is 259 Å². The Morgan fingerprint density at radius 2 is 1.09 bits per heavy atom. The van der Waals surface area contributed by atoms with E-state index in [4.69, 9.17) is 46.0 Å². The summed E-state index contributed by atoms with van der Waals surface area (Å²) < 4.78 is 0. The normalized spacial score (nSPS) is 13.4. The van der Waals surface area contributed by atoms with Gasteiger partial charge in [0.2, 0.25) is 0 Å². The molecule has 0 aliphatic heterocycles. The van der Waals surface area contributed by atoms with Gasteiger partial charge in [0.15, 0.2) is 6.29 Å². The van der Waals surface area contributed by atoms with E-state index in [0.717, 1.165) is 0 Å². The Morgan fingerprint density at radius 3 is 1.26 bits per heavy atom. The van der Waals surface area contributed by atoms with Gasteiger partial charge in [0.05, 0.1) is 25.8 Å². The average Bonchev–Trinajstić information content (AvgIpc) is 2.70.